The van der Waals surface area contributed by atoms with Gasteiger partial charge in [-0.25, -0.2) is 4.39 Å². The van der Waals surface area contributed by atoms with Gasteiger partial charge in [0.1, 0.15) is 11.6 Å². The van der Waals surface area contributed by atoms with Crippen LogP contribution in [0.3, 0.4) is 0 Å². The highest BCUT2D eigenvalue weighted by Crippen LogP contribution is 2.44. The third kappa shape index (κ3) is 1.36. The predicted octanol–water partition coefficient (Wildman–Crippen LogP) is 2.86. The van der Waals surface area contributed by atoms with Gasteiger partial charge in [-0.3, -0.25) is 0 Å². The second-order valence-corrected chi connectivity index (χ2v) is 4.13. The van der Waals surface area contributed by atoms with Crippen molar-refractivity contribution in [3.63, 3.8) is 0 Å². The SMILES string of the molecule is COc1ccc2c(c1)C(N)c1cccc(F)c1-2. The lowest BCUT2D eigenvalue weighted by Crippen LogP contribution is -2.08. The lowest BCUT2D eigenvalue weighted by atomic mass is 10.1. The van der Waals surface area contributed by atoms with E-state index in [9.17, 15) is 4.39 Å². The molecule has 0 aliphatic heterocycles. The predicted molar refractivity (Wildman–Crippen MR) is 64.4 cm³/mol. The topological polar surface area (TPSA) is 35.2 Å². The summed E-state index contributed by atoms with van der Waals surface area (Å²) >= 11 is 0. The van der Waals surface area contributed by atoms with Crippen molar-refractivity contribution in [1.29, 1.82) is 0 Å². The smallest absolute Gasteiger partial charge is 0.131 e. The molecule has 1 aliphatic rings. The molecule has 0 spiro atoms. The van der Waals surface area contributed by atoms with Crippen molar-refractivity contribution in [2.24, 2.45) is 5.73 Å². The Morgan fingerprint density at radius 3 is 2.76 bits per heavy atom. The molecule has 2 N–H and O–H groups in total. The van der Waals surface area contributed by atoms with Crippen molar-refractivity contribution in [3.8, 4) is 16.9 Å². The van der Waals surface area contributed by atoms with Crippen LogP contribution in [0.25, 0.3) is 11.1 Å². The van der Waals surface area contributed by atoms with Gasteiger partial charge in [0.2, 0.25) is 0 Å². The Kier molecular flexibility index (Phi) is 2.16. The fourth-order valence-corrected chi connectivity index (χ4v) is 2.40. The Morgan fingerprint density at radius 2 is 2.00 bits per heavy atom. The number of fused-ring (bicyclic) bond motifs is 3. The van der Waals surface area contributed by atoms with Gasteiger partial charge < -0.3 is 10.5 Å². The summed E-state index contributed by atoms with van der Waals surface area (Å²) in [5.41, 5.74) is 9.38. The van der Waals surface area contributed by atoms with Crippen LogP contribution in [0.2, 0.25) is 0 Å². The molecule has 17 heavy (non-hydrogen) atoms. The van der Waals surface area contributed by atoms with Crippen LogP contribution in [0.4, 0.5) is 4.39 Å². The van der Waals surface area contributed by atoms with E-state index < -0.39 is 0 Å². The van der Waals surface area contributed by atoms with Crippen LogP contribution >= 0.6 is 0 Å². The summed E-state index contributed by atoms with van der Waals surface area (Å²) in [4.78, 5) is 0. The summed E-state index contributed by atoms with van der Waals surface area (Å²) in [6.07, 6.45) is 0. The fraction of sp³-hybridized carbons (Fsp3) is 0.143. The van der Waals surface area contributed by atoms with E-state index >= 15 is 0 Å². The van der Waals surface area contributed by atoms with Gasteiger partial charge in [-0.15, -0.1) is 0 Å². The molecule has 0 fully saturated rings. The summed E-state index contributed by atoms with van der Waals surface area (Å²) in [7, 11) is 1.61. The van der Waals surface area contributed by atoms with E-state index in [1.807, 2.05) is 24.3 Å². The molecule has 0 heterocycles. The van der Waals surface area contributed by atoms with E-state index in [2.05, 4.69) is 0 Å². The standard InChI is InChI=1S/C14H12FNO/c1-17-8-5-6-9-11(7-8)14(16)10-3-2-4-12(15)13(9)10/h2-7,14H,16H2,1H3. The van der Waals surface area contributed by atoms with Crippen molar-refractivity contribution in [2.45, 2.75) is 6.04 Å². The largest absolute Gasteiger partial charge is 0.497 e. The summed E-state index contributed by atoms with van der Waals surface area (Å²) in [5.74, 6) is 0.522. The Hall–Kier alpha value is -1.87. The van der Waals surface area contributed by atoms with E-state index in [0.717, 1.165) is 22.4 Å². The van der Waals surface area contributed by atoms with E-state index in [0.29, 0.717) is 5.56 Å². The van der Waals surface area contributed by atoms with E-state index in [4.69, 9.17) is 10.5 Å². The summed E-state index contributed by atoms with van der Waals surface area (Å²) in [6.45, 7) is 0. The molecule has 0 amide bonds. The Morgan fingerprint density at radius 1 is 1.18 bits per heavy atom. The van der Waals surface area contributed by atoms with E-state index in [1.165, 1.54) is 6.07 Å². The molecule has 1 atom stereocenters. The number of rotatable bonds is 1. The third-order valence-corrected chi connectivity index (χ3v) is 3.24. The minimum absolute atomic E-state index is 0.220. The Labute approximate surface area is 98.8 Å². The minimum Gasteiger partial charge on any atom is -0.497 e. The molecule has 0 saturated heterocycles. The van der Waals surface area contributed by atoms with Crippen LogP contribution in [0.1, 0.15) is 17.2 Å². The van der Waals surface area contributed by atoms with Crippen LogP contribution in [0, 0.1) is 5.82 Å². The second-order valence-electron chi connectivity index (χ2n) is 4.13. The Bertz CT molecular complexity index is 595. The van der Waals surface area contributed by atoms with Crippen LogP contribution in [-0.2, 0) is 0 Å². The molecule has 0 radical (unpaired) electrons. The quantitative estimate of drug-likeness (QED) is 0.816. The number of hydrogen-bond donors (Lipinski definition) is 1. The molecule has 1 unspecified atom stereocenters. The molecule has 2 nitrogen and oxygen atoms in total. The van der Waals surface area contributed by atoms with Crippen molar-refractivity contribution in [3.05, 3.63) is 53.3 Å². The first-order valence-electron chi connectivity index (χ1n) is 5.44. The van der Waals surface area contributed by atoms with Crippen LogP contribution in [0.15, 0.2) is 36.4 Å². The second kappa shape index (κ2) is 3.57. The molecule has 86 valence electrons. The third-order valence-electron chi connectivity index (χ3n) is 3.24. The highest BCUT2D eigenvalue weighted by atomic mass is 19.1. The maximum absolute atomic E-state index is 13.8. The van der Waals surface area contributed by atoms with E-state index in [-0.39, 0.29) is 11.9 Å². The molecule has 2 aromatic carbocycles. The molecule has 3 heteroatoms. The fourth-order valence-electron chi connectivity index (χ4n) is 2.40. The number of halogens is 1. The molecule has 0 bridgehead atoms. The number of nitrogens with two attached hydrogens (primary N) is 1. The molecule has 3 rings (SSSR count). The van der Waals surface area contributed by atoms with Gasteiger partial charge in [-0.2, -0.15) is 0 Å². The van der Waals surface area contributed by atoms with Gasteiger partial charge in [0.05, 0.1) is 13.2 Å². The average Bonchev–Trinajstić information content (AvgIpc) is 2.64. The molecule has 0 saturated carbocycles. The van der Waals surface area contributed by atoms with Crippen molar-refractivity contribution in [2.75, 3.05) is 7.11 Å². The van der Waals surface area contributed by atoms with Crippen LogP contribution in [-0.4, -0.2) is 7.11 Å². The zero-order chi connectivity index (χ0) is 12.0. The van der Waals surface area contributed by atoms with Crippen LogP contribution in [0.5, 0.6) is 5.75 Å². The zero-order valence-corrected chi connectivity index (χ0v) is 9.41. The number of methoxy groups -OCH3 is 1. The maximum atomic E-state index is 13.8. The van der Waals surface area contributed by atoms with Gasteiger partial charge in [0.25, 0.3) is 0 Å². The van der Waals surface area contributed by atoms with Gasteiger partial charge >= 0.3 is 0 Å². The minimum atomic E-state index is -0.272. The lowest BCUT2D eigenvalue weighted by molar-refractivity contribution is 0.414. The first-order chi connectivity index (χ1) is 8.22. The van der Waals surface area contributed by atoms with Crippen molar-refractivity contribution < 1.29 is 9.13 Å². The first kappa shape index (κ1) is 10.3. The normalized spacial score (nSPS) is 16.5. The van der Waals surface area contributed by atoms with Crippen molar-refractivity contribution in [1.82, 2.24) is 0 Å². The lowest BCUT2D eigenvalue weighted by Gasteiger charge is -2.07. The highest BCUT2D eigenvalue weighted by molar-refractivity contribution is 5.79. The molecule has 1 aliphatic carbocycles. The van der Waals surface area contributed by atoms with Gasteiger partial charge in [-0.1, -0.05) is 18.2 Å². The maximum Gasteiger partial charge on any atom is 0.131 e. The summed E-state index contributed by atoms with van der Waals surface area (Å²) in [6, 6.07) is 10.3. The average molecular weight is 229 g/mol. The van der Waals surface area contributed by atoms with Crippen molar-refractivity contribution >= 4 is 0 Å². The first-order valence-corrected chi connectivity index (χ1v) is 5.44. The van der Waals surface area contributed by atoms with Gasteiger partial charge in [0, 0.05) is 5.56 Å². The molecular weight excluding hydrogens is 217 g/mol. The Balaban J connectivity index is 2.28. The summed E-state index contributed by atoms with van der Waals surface area (Å²) in [5, 5.41) is 0. The molecular formula is C14H12FNO. The van der Waals surface area contributed by atoms with Gasteiger partial charge in [-0.05, 0) is 34.9 Å². The van der Waals surface area contributed by atoms with Gasteiger partial charge in [0.15, 0.2) is 0 Å². The number of benzene rings is 2. The summed E-state index contributed by atoms with van der Waals surface area (Å²) < 4.78 is 19.0. The highest BCUT2D eigenvalue weighted by Gasteiger charge is 2.28. The zero-order valence-electron chi connectivity index (χ0n) is 9.41. The monoisotopic (exact) mass is 229 g/mol. The van der Waals surface area contributed by atoms with E-state index in [1.54, 1.807) is 13.2 Å². The molecule has 0 aromatic heterocycles. The number of hydrogen-bond acceptors (Lipinski definition) is 2. The number of ether oxygens (including phenoxy) is 1. The molecule has 2 aromatic rings. The van der Waals surface area contributed by atoms with Crippen LogP contribution < -0.4 is 10.5 Å².